The highest BCUT2D eigenvalue weighted by Gasteiger charge is 2.40. The molecule has 2 aromatic rings. The molecule has 2 N–H and O–H groups in total. The van der Waals surface area contributed by atoms with Crippen molar-refractivity contribution >= 4 is 11.9 Å². The van der Waals surface area contributed by atoms with Gasteiger partial charge in [-0.3, -0.25) is 4.79 Å². The van der Waals surface area contributed by atoms with Gasteiger partial charge in [-0.05, 0) is 38.8 Å². The van der Waals surface area contributed by atoms with Crippen LogP contribution in [0.1, 0.15) is 50.2 Å². The summed E-state index contributed by atoms with van der Waals surface area (Å²) >= 11 is 0. The summed E-state index contributed by atoms with van der Waals surface area (Å²) in [4.78, 5) is 28.8. The summed E-state index contributed by atoms with van der Waals surface area (Å²) in [5.41, 5.74) is -2.54. The third-order valence-electron chi connectivity index (χ3n) is 5.23. The number of halogens is 6. The topological polar surface area (TPSA) is 85.2 Å². The number of ketones is 1. The maximum atomic E-state index is 14.2. The number of rotatable bonds is 6. The molecule has 35 heavy (non-hydrogen) atoms. The lowest BCUT2D eigenvalue weighted by atomic mass is 9.97. The Bertz CT molecular complexity index is 1110. The van der Waals surface area contributed by atoms with Crippen molar-refractivity contribution in [1.82, 2.24) is 20.2 Å². The second-order valence-corrected chi connectivity index (χ2v) is 9.17. The van der Waals surface area contributed by atoms with E-state index >= 15 is 0 Å². The standard InChI is InChI=1S/C22H24F6N4O3/c1-21(2,3)35-20(34)31-12(4-11-5-14(24)15(25)7-13(11)23)6-18(33)16-8-29-9-17-19(22(26,27)28)30-10-32(16)17/h5,7,10,12,16,29H,4,6,8-9H2,1-3H3,(H,31,34). The average Bonchev–Trinajstić information content (AvgIpc) is 3.15. The first-order valence-corrected chi connectivity index (χ1v) is 10.6. The first-order chi connectivity index (χ1) is 16.2. The molecule has 0 spiro atoms. The molecule has 0 saturated heterocycles. The van der Waals surface area contributed by atoms with Crippen molar-refractivity contribution in [3.8, 4) is 0 Å². The number of amides is 1. The van der Waals surface area contributed by atoms with Gasteiger partial charge in [-0.15, -0.1) is 0 Å². The molecular weight excluding hydrogens is 482 g/mol. The van der Waals surface area contributed by atoms with Crippen LogP contribution in [-0.2, 0) is 28.7 Å². The number of ether oxygens (including phenoxy) is 1. The van der Waals surface area contributed by atoms with E-state index in [1.165, 1.54) is 0 Å². The van der Waals surface area contributed by atoms with Crippen LogP contribution in [0, 0.1) is 17.5 Å². The zero-order valence-electron chi connectivity index (χ0n) is 19.1. The summed E-state index contributed by atoms with van der Waals surface area (Å²) < 4.78 is 87.2. The lowest BCUT2D eigenvalue weighted by molar-refractivity contribution is -0.142. The number of alkyl halides is 3. The van der Waals surface area contributed by atoms with E-state index in [4.69, 9.17) is 4.74 Å². The lowest BCUT2D eigenvalue weighted by Gasteiger charge is -2.28. The van der Waals surface area contributed by atoms with Gasteiger partial charge in [0.1, 0.15) is 17.5 Å². The zero-order valence-corrected chi connectivity index (χ0v) is 19.1. The predicted molar refractivity (Wildman–Crippen MR) is 111 cm³/mol. The van der Waals surface area contributed by atoms with Crippen LogP contribution in [0.3, 0.4) is 0 Å². The van der Waals surface area contributed by atoms with Gasteiger partial charge in [0, 0.05) is 31.6 Å². The van der Waals surface area contributed by atoms with Crippen LogP contribution in [0.2, 0.25) is 0 Å². The van der Waals surface area contributed by atoms with E-state index in [0.717, 1.165) is 10.9 Å². The van der Waals surface area contributed by atoms with E-state index in [9.17, 15) is 35.9 Å². The monoisotopic (exact) mass is 506 g/mol. The molecule has 2 heterocycles. The smallest absolute Gasteiger partial charge is 0.435 e. The Labute approximate surface area is 196 Å². The SMILES string of the molecule is CC(C)(C)OC(=O)NC(CC(=O)C1CNCc2c(C(F)(F)F)ncn21)Cc1cc(F)c(F)cc1F. The number of Topliss-reactive ketones (excluding diaryl/α,β-unsaturated/α-hetero) is 1. The summed E-state index contributed by atoms with van der Waals surface area (Å²) in [7, 11) is 0. The number of aromatic nitrogens is 2. The third-order valence-corrected chi connectivity index (χ3v) is 5.23. The first-order valence-electron chi connectivity index (χ1n) is 10.6. The van der Waals surface area contributed by atoms with Crippen LogP contribution in [-0.4, -0.2) is 39.6 Å². The van der Waals surface area contributed by atoms with Gasteiger partial charge in [0.15, 0.2) is 23.1 Å². The number of nitrogens with zero attached hydrogens (tertiary/aromatic N) is 2. The fourth-order valence-corrected chi connectivity index (χ4v) is 3.77. The van der Waals surface area contributed by atoms with Crippen molar-refractivity contribution in [2.24, 2.45) is 0 Å². The number of hydrogen-bond donors (Lipinski definition) is 2. The molecule has 1 aliphatic rings. The Kier molecular flexibility index (Phi) is 7.48. The summed E-state index contributed by atoms with van der Waals surface area (Å²) in [5, 5.41) is 5.16. The summed E-state index contributed by atoms with van der Waals surface area (Å²) in [6.45, 7) is 4.62. The highest BCUT2D eigenvalue weighted by Crippen LogP contribution is 2.33. The molecule has 0 saturated carbocycles. The zero-order chi connectivity index (χ0) is 26.1. The van der Waals surface area contributed by atoms with E-state index < -0.39 is 71.7 Å². The Balaban J connectivity index is 1.85. The van der Waals surface area contributed by atoms with Gasteiger partial charge < -0.3 is 19.9 Å². The molecule has 3 rings (SSSR count). The molecule has 2 unspecified atom stereocenters. The number of hydrogen-bond acceptors (Lipinski definition) is 5. The molecule has 7 nitrogen and oxygen atoms in total. The molecule has 1 amide bonds. The number of carbonyl (C=O) groups is 2. The van der Waals surface area contributed by atoms with Gasteiger partial charge in [-0.25, -0.2) is 22.9 Å². The number of imidazole rings is 1. The Morgan fingerprint density at radius 1 is 1.17 bits per heavy atom. The van der Waals surface area contributed by atoms with E-state index in [2.05, 4.69) is 15.6 Å². The second kappa shape index (κ2) is 9.88. The number of fused-ring (bicyclic) bond motifs is 1. The Morgan fingerprint density at radius 3 is 2.46 bits per heavy atom. The molecule has 192 valence electrons. The highest BCUT2D eigenvalue weighted by atomic mass is 19.4. The van der Waals surface area contributed by atoms with E-state index in [1.54, 1.807) is 20.8 Å². The molecular formula is C22H24F6N4O3. The van der Waals surface area contributed by atoms with Gasteiger partial charge in [-0.2, -0.15) is 13.2 Å². The highest BCUT2D eigenvalue weighted by molar-refractivity contribution is 5.84. The molecule has 0 radical (unpaired) electrons. The van der Waals surface area contributed by atoms with Crippen LogP contribution in [0.4, 0.5) is 31.1 Å². The first kappa shape index (κ1) is 26.5. The lowest BCUT2D eigenvalue weighted by Crippen LogP contribution is -2.44. The van der Waals surface area contributed by atoms with E-state index in [1.807, 2.05) is 0 Å². The number of nitrogens with one attached hydrogen (secondary N) is 2. The fourth-order valence-electron chi connectivity index (χ4n) is 3.77. The normalized spacial score (nSPS) is 17.0. The molecule has 0 bridgehead atoms. The predicted octanol–water partition coefficient (Wildman–Crippen LogP) is 4.06. The number of benzene rings is 1. The molecule has 13 heteroatoms. The minimum atomic E-state index is -4.71. The largest absolute Gasteiger partial charge is 0.444 e. The molecule has 0 fully saturated rings. The third kappa shape index (κ3) is 6.53. The number of carbonyl (C=O) groups excluding carboxylic acids is 2. The minimum absolute atomic E-state index is 0.00180. The summed E-state index contributed by atoms with van der Waals surface area (Å²) in [5.74, 6) is -4.39. The van der Waals surface area contributed by atoms with Gasteiger partial charge in [-0.1, -0.05) is 0 Å². The van der Waals surface area contributed by atoms with Crippen molar-refractivity contribution < 1.29 is 40.7 Å². The Hall–Kier alpha value is -3.09. The molecule has 0 aliphatic carbocycles. The quantitative estimate of drug-likeness (QED) is 0.456. The Morgan fingerprint density at radius 2 is 1.83 bits per heavy atom. The van der Waals surface area contributed by atoms with Crippen LogP contribution in [0.5, 0.6) is 0 Å². The van der Waals surface area contributed by atoms with Crippen molar-refractivity contribution in [3.63, 3.8) is 0 Å². The van der Waals surface area contributed by atoms with Crippen molar-refractivity contribution in [2.75, 3.05) is 6.54 Å². The van der Waals surface area contributed by atoms with Crippen molar-refractivity contribution in [3.05, 3.63) is 52.9 Å². The van der Waals surface area contributed by atoms with Gasteiger partial charge in [0.2, 0.25) is 0 Å². The maximum Gasteiger partial charge on any atom is 0.435 e. The van der Waals surface area contributed by atoms with Crippen LogP contribution in [0.15, 0.2) is 18.5 Å². The maximum absolute atomic E-state index is 14.2. The molecule has 2 atom stereocenters. The summed E-state index contributed by atoms with van der Waals surface area (Å²) in [6.07, 6.45) is -5.59. The number of alkyl carbamates (subject to hydrolysis) is 1. The van der Waals surface area contributed by atoms with E-state index in [0.29, 0.717) is 12.1 Å². The van der Waals surface area contributed by atoms with Gasteiger partial charge in [0.05, 0.1) is 12.0 Å². The van der Waals surface area contributed by atoms with Crippen LogP contribution < -0.4 is 10.6 Å². The molecule has 1 aromatic heterocycles. The second-order valence-electron chi connectivity index (χ2n) is 9.17. The summed E-state index contributed by atoms with van der Waals surface area (Å²) in [6, 6.07) is -1.25. The van der Waals surface area contributed by atoms with Crippen molar-refractivity contribution in [1.29, 1.82) is 0 Å². The van der Waals surface area contributed by atoms with Gasteiger partial charge >= 0.3 is 12.3 Å². The average molecular weight is 506 g/mol. The van der Waals surface area contributed by atoms with Crippen LogP contribution >= 0.6 is 0 Å². The van der Waals surface area contributed by atoms with Crippen LogP contribution in [0.25, 0.3) is 0 Å². The van der Waals surface area contributed by atoms with E-state index in [-0.39, 0.29) is 24.3 Å². The molecule has 1 aromatic carbocycles. The van der Waals surface area contributed by atoms with Crippen molar-refractivity contribution in [2.45, 2.75) is 64.0 Å². The molecule has 1 aliphatic heterocycles. The fraction of sp³-hybridized carbons (Fsp3) is 0.500. The van der Waals surface area contributed by atoms with Gasteiger partial charge in [0.25, 0.3) is 0 Å². The minimum Gasteiger partial charge on any atom is -0.444 e.